The summed E-state index contributed by atoms with van der Waals surface area (Å²) in [5, 5.41) is 1.14. The summed E-state index contributed by atoms with van der Waals surface area (Å²) in [4.78, 5) is 5.40. The lowest BCUT2D eigenvalue weighted by Crippen LogP contribution is -1.88. The van der Waals surface area contributed by atoms with Crippen molar-refractivity contribution in [1.29, 1.82) is 0 Å². The predicted molar refractivity (Wildman–Crippen MR) is 70.3 cm³/mol. The van der Waals surface area contributed by atoms with Gasteiger partial charge < -0.3 is 0 Å². The lowest BCUT2D eigenvalue weighted by atomic mass is 10.4. The maximum absolute atomic E-state index is 6.03. The fourth-order valence-electron chi connectivity index (χ4n) is 1.23. The van der Waals surface area contributed by atoms with E-state index < -0.39 is 0 Å². The SMILES string of the molecule is Clc1ccc(Cl)c(CSc2ccccc2)n1. The van der Waals surface area contributed by atoms with E-state index in [0.29, 0.717) is 10.2 Å². The summed E-state index contributed by atoms with van der Waals surface area (Å²) in [6.45, 7) is 0. The standard InChI is InChI=1S/C12H9Cl2NS/c13-10-6-7-12(14)15-11(10)8-16-9-4-2-1-3-5-9/h1-7H,8H2. The molecular formula is C12H9Cl2NS. The third kappa shape index (κ3) is 3.14. The number of nitrogens with zero attached hydrogens (tertiary/aromatic N) is 1. The molecule has 4 heteroatoms. The summed E-state index contributed by atoms with van der Waals surface area (Å²) < 4.78 is 0. The molecule has 1 aromatic carbocycles. The molecule has 0 bridgehead atoms. The molecule has 2 aromatic rings. The van der Waals surface area contributed by atoms with Crippen molar-refractivity contribution >= 4 is 35.0 Å². The number of thioether (sulfide) groups is 1. The van der Waals surface area contributed by atoms with E-state index in [1.165, 1.54) is 4.90 Å². The van der Waals surface area contributed by atoms with Gasteiger partial charge in [-0.15, -0.1) is 11.8 Å². The number of pyridine rings is 1. The second kappa shape index (κ2) is 5.58. The highest BCUT2D eigenvalue weighted by molar-refractivity contribution is 7.98. The first-order chi connectivity index (χ1) is 7.75. The molecule has 1 heterocycles. The Kier molecular flexibility index (Phi) is 4.10. The fraction of sp³-hybridized carbons (Fsp3) is 0.0833. The number of hydrogen-bond donors (Lipinski definition) is 0. The van der Waals surface area contributed by atoms with E-state index in [9.17, 15) is 0 Å². The Morgan fingerprint density at radius 2 is 1.75 bits per heavy atom. The molecule has 0 saturated heterocycles. The van der Waals surface area contributed by atoms with Crippen LogP contribution in [0.1, 0.15) is 5.69 Å². The maximum Gasteiger partial charge on any atom is 0.129 e. The summed E-state index contributed by atoms with van der Waals surface area (Å²) in [6.07, 6.45) is 0. The van der Waals surface area contributed by atoms with Crippen molar-refractivity contribution in [2.75, 3.05) is 0 Å². The Morgan fingerprint density at radius 1 is 1.00 bits per heavy atom. The highest BCUT2D eigenvalue weighted by Crippen LogP contribution is 2.26. The maximum atomic E-state index is 6.03. The average molecular weight is 270 g/mol. The first kappa shape index (κ1) is 11.8. The molecular weight excluding hydrogens is 261 g/mol. The van der Waals surface area contributed by atoms with Crippen LogP contribution >= 0.6 is 35.0 Å². The normalized spacial score (nSPS) is 10.4. The molecule has 0 spiro atoms. The molecule has 0 saturated carbocycles. The van der Waals surface area contributed by atoms with Crippen molar-refractivity contribution < 1.29 is 0 Å². The van der Waals surface area contributed by atoms with Gasteiger partial charge in [-0.05, 0) is 24.3 Å². The molecule has 0 atom stereocenters. The summed E-state index contributed by atoms with van der Waals surface area (Å²) in [7, 11) is 0. The van der Waals surface area contributed by atoms with Gasteiger partial charge in [-0.3, -0.25) is 0 Å². The van der Waals surface area contributed by atoms with Crippen LogP contribution in [-0.2, 0) is 5.75 Å². The molecule has 0 radical (unpaired) electrons. The Labute approximate surface area is 109 Å². The second-order valence-electron chi connectivity index (χ2n) is 3.16. The van der Waals surface area contributed by atoms with Gasteiger partial charge in [0.05, 0.1) is 10.7 Å². The van der Waals surface area contributed by atoms with Gasteiger partial charge in [0.15, 0.2) is 0 Å². The Hall–Kier alpha value is -0.700. The van der Waals surface area contributed by atoms with Gasteiger partial charge in [-0.2, -0.15) is 0 Å². The van der Waals surface area contributed by atoms with Crippen LogP contribution in [0, 0.1) is 0 Å². The summed E-state index contributed by atoms with van der Waals surface area (Å²) in [5.41, 5.74) is 0.822. The van der Waals surface area contributed by atoms with Crippen molar-refractivity contribution in [3.8, 4) is 0 Å². The largest absolute Gasteiger partial charge is 0.239 e. The van der Waals surface area contributed by atoms with Crippen molar-refractivity contribution in [2.45, 2.75) is 10.6 Å². The van der Waals surface area contributed by atoms with Crippen LogP contribution < -0.4 is 0 Å². The summed E-state index contributed by atoms with van der Waals surface area (Å²) in [5.74, 6) is 0.726. The van der Waals surface area contributed by atoms with Crippen LogP contribution in [0.15, 0.2) is 47.4 Å². The zero-order valence-electron chi connectivity index (χ0n) is 8.36. The van der Waals surface area contributed by atoms with Crippen LogP contribution in [0.2, 0.25) is 10.2 Å². The molecule has 2 rings (SSSR count). The smallest absolute Gasteiger partial charge is 0.129 e. The van der Waals surface area contributed by atoms with Crippen molar-refractivity contribution in [3.05, 3.63) is 58.3 Å². The predicted octanol–water partition coefficient (Wildman–Crippen LogP) is 4.68. The number of halogens is 2. The topological polar surface area (TPSA) is 12.9 Å². The minimum Gasteiger partial charge on any atom is -0.239 e. The van der Waals surface area contributed by atoms with E-state index in [0.717, 1.165) is 11.4 Å². The van der Waals surface area contributed by atoms with E-state index in [2.05, 4.69) is 17.1 Å². The first-order valence-corrected chi connectivity index (χ1v) is 6.48. The molecule has 1 aromatic heterocycles. The quantitative estimate of drug-likeness (QED) is 0.593. The van der Waals surface area contributed by atoms with E-state index >= 15 is 0 Å². The zero-order valence-corrected chi connectivity index (χ0v) is 10.7. The zero-order chi connectivity index (χ0) is 11.4. The van der Waals surface area contributed by atoms with Gasteiger partial charge in [-0.1, -0.05) is 41.4 Å². The minimum atomic E-state index is 0.480. The van der Waals surface area contributed by atoms with Crippen molar-refractivity contribution in [2.24, 2.45) is 0 Å². The average Bonchev–Trinajstić information content (AvgIpc) is 2.32. The van der Waals surface area contributed by atoms with E-state index in [-0.39, 0.29) is 0 Å². The Bertz CT molecular complexity index is 474. The van der Waals surface area contributed by atoms with Gasteiger partial charge in [0.1, 0.15) is 5.15 Å². The molecule has 0 aliphatic rings. The van der Waals surface area contributed by atoms with Gasteiger partial charge in [-0.25, -0.2) is 4.98 Å². The Balaban J connectivity index is 2.08. The van der Waals surface area contributed by atoms with Crippen LogP contribution in [0.4, 0.5) is 0 Å². The molecule has 82 valence electrons. The number of benzene rings is 1. The van der Waals surface area contributed by atoms with Gasteiger partial charge in [0.2, 0.25) is 0 Å². The molecule has 0 aliphatic heterocycles. The molecule has 0 N–H and O–H groups in total. The molecule has 0 aliphatic carbocycles. The number of aromatic nitrogens is 1. The third-order valence-corrected chi connectivity index (χ3v) is 3.58. The lowest BCUT2D eigenvalue weighted by Gasteiger charge is -2.03. The highest BCUT2D eigenvalue weighted by atomic mass is 35.5. The van der Waals surface area contributed by atoms with Gasteiger partial charge >= 0.3 is 0 Å². The van der Waals surface area contributed by atoms with E-state index in [1.54, 1.807) is 23.9 Å². The van der Waals surface area contributed by atoms with Crippen molar-refractivity contribution in [3.63, 3.8) is 0 Å². The van der Waals surface area contributed by atoms with Gasteiger partial charge in [0.25, 0.3) is 0 Å². The van der Waals surface area contributed by atoms with E-state index in [4.69, 9.17) is 23.2 Å². The Morgan fingerprint density at radius 3 is 2.50 bits per heavy atom. The van der Waals surface area contributed by atoms with Crippen molar-refractivity contribution in [1.82, 2.24) is 4.98 Å². The van der Waals surface area contributed by atoms with Crippen LogP contribution in [-0.4, -0.2) is 4.98 Å². The fourth-order valence-corrected chi connectivity index (χ4v) is 2.52. The van der Waals surface area contributed by atoms with Crippen LogP contribution in [0.5, 0.6) is 0 Å². The number of rotatable bonds is 3. The van der Waals surface area contributed by atoms with Gasteiger partial charge in [0, 0.05) is 10.6 Å². The molecule has 0 unspecified atom stereocenters. The lowest BCUT2D eigenvalue weighted by molar-refractivity contribution is 1.17. The minimum absolute atomic E-state index is 0.480. The summed E-state index contributed by atoms with van der Waals surface area (Å²) >= 11 is 13.5. The third-order valence-electron chi connectivity index (χ3n) is 2.00. The first-order valence-electron chi connectivity index (χ1n) is 4.74. The molecule has 0 amide bonds. The van der Waals surface area contributed by atoms with Crippen LogP contribution in [0.3, 0.4) is 0 Å². The second-order valence-corrected chi connectivity index (χ2v) is 5.01. The molecule has 16 heavy (non-hydrogen) atoms. The summed E-state index contributed by atoms with van der Waals surface area (Å²) in [6, 6.07) is 13.6. The molecule has 1 nitrogen and oxygen atoms in total. The van der Waals surface area contributed by atoms with Crippen LogP contribution in [0.25, 0.3) is 0 Å². The highest BCUT2D eigenvalue weighted by Gasteiger charge is 2.03. The monoisotopic (exact) mass is 269 g/mol. The van der Waals surface area contributed by atoms with E-state index in [1.807, 2.05) is 18.2 Å². The number of hydrogen-bond acceptors (Lipinski definition) is 2. The molecule has 0 fully saturated rings.